The summed E-state index contributed by atoms with van der Waals surface area (Å²) in [4.78, 5) is 0. The molecule has 39 heavy (non-hydrogen) atoms. The lowest BCUT2D eigenvalue weighted by molar-refractivity contribution is 0.437. The number of hydrogen-bond donors (Lipinski definition) is 2. The van der Waals surface area contributed by atoms with Gasteiger partial charge >= 0.3 is 0 Å². The van der Waals surface area contributed by atoms with Gasteiger partial charge in [0.25, 0.3) is 0 Å². The molecule has 5 aromatic rings. The van der Waals surface area contributed by atoms with Crippen molar-refractivity contribution in [2.24, 2.45) is 0 Å². The summed E-state index contributed by atoms with van der Waals surface area (Å²) in [6, 6.07) is 33.9. The van der Waals surface area contributed by atoms with Gasteiger partial charge in [0.2, 0.25) is 0 Å². The van der Waals surface area contributed by atoms with Crippen LogP contribution in [0, 0.1) is 30.4 Å². The lowest BCUT2D eigenvalue weighted by Crippen LogP contribution is -2.28. The van der Waals surface area contributed by atoms with E-state index in [4.69, 9.17) is 11.5 Å². The first-order valence-corrected chi connectivity index (χ1v) is 13.9. The summed E-state index contributed by atoms with van der Waals surface area (Å²) in [5, 5.41) is 0. The fourth-order valence-corrected chi connectivity index (χ4v) is 6.02. The third-order valence-electron chi connectivity index (χ3n) is 6.80. The molecule has 0 heterocycles. The number of fused-ring (bicyclic) bond motifs is 3. The maximum absolute atomic E-state index is 12.6. The zero-order chi connectivity index (χ0) is 27.9. The van der Waals surface area contributed by atoms with Crippen LogP contribution in [0.2, 0.25) is 0 Å². The van der Waals surface area contributed by atoms with Gasteiger partial charge in [-0.3, -0.25) is 0 Å². The van der Waals surface area contributed by atoms with Gasteiger partial charge in [0, 0.05) is 11.4 Å². The zero-order valence-corrected chi connectivity index (χ0v) is 24.5. The van der Waals surface area contributed by atoms with Crippen LogP contribution in [0.5, 0.6) is 0 Å². The summed E-state index contributed by atoms with van der Waals surface area (Å²) >= 11 is 2.41. The van der Waals surface area contributed by atoms with Crippen molar-refractivity contribution in [3.63, 3.8) is 0 Å². The van der Waals surface area contributed by atoms with Crippen molar-refractivity contribution in [1.29, 1.82) is 0 Å². The molecule has 0 fully saturated rings. The minimum Gasteiger partial charge on any atom is -0.399 e. The smallest absolute Gasteiger partial charge is 0.176 e. The van der Waals surface area contributed by atoms with Gasteiger partial charge in [-0.2, -0.15) is 0 Å². The van der Waals surface area contributed by atoms with Crippen LogP contribution in [0.15, 0.2) is 97.1 Å². The second-order valence-electron chi connectivity index (χ2n) is 8.97. The Balaban J connectivity index is 0.000000217. The molecule has 2 nitrogen and oxygen atoms in total. The number of rotatable bonds is 2. The number of anilines is 2. The molecule has 0 aromatic heterocycles. The van der Waals surface area contributed by atoms with Crippen molar-refractivity contribution in [2.75, 3.05) is 11.5 Å². The Morgan fingerprint density at radius 1 is 0.462 bits per heavy atom. The van der Waals surface area contributed by atoms with Crippen molar-refractivity contribution in [2.45, 2.75) is 5.41 Å². The molecule has 0 saturated carbocycles. The van der Waals surface area contributed by atoms with Crippen LogP contribution in [0.1, 0.15) is 22.3 Å². The minimum atomic E-state index is -1.35. The molecule has 196 valence electrons. The van der Waals surface area contributed by atoms with E-state index in [9.17, 15) is 17.6 Å². The minimum absolute atomic E-state index is 0.380. The van der Waals surface area contributed by atoms with Gasteiger partial charge in [0.05, 0.1) is 12.6 Å². The van der Waals surface area contributed by atoms with E-state index < -0.39 is 30.4 Å². The highest BCUT2D eigenvalue weighted by atomic mass is 127. The van der Waals surface area contributed by atoms with E-state index in [1.807, 2.05) is 24.3 Å². The van der Waals surface area contributed by atoms with Gasteiger partial charge in [-0.05, 0) is 103 Å². The number of hydrogen-bond acceptors (Lipinski definition) is 2. The van der Waals surface area contributed by atoms with Gasteiger partial charge in [-0.25, -0.2) is 17.6 Å². The van der Waals surface area contributed by atoms with Crippen LogP contribution in [0.25, 0.3) is 11.1 Å². The first-order valence-electron chi connectivity index (χ1n) is 11.8. The highest BCUT2D eigenvalue weighted by Crippen LogP contribution is 2.56. The molecule has 1 aliphatic rings. The number of benzene rings is 5. The molecule has 6 rings (SSSR count). The topological polar surface area (TPSA) is 52.0 Å². The first kappa shape index (κ1) is 27.4. The Hall–Kier alpha value is -3.12. The molecule has 0 radical (unpaired) electrons. The van der Waals surface area contributed by atoms with Gasteiger partial charge < -0.3 is 11.5 Å². The monoisotopic (exact) mass is 750 g/mol. The van der Waals surface area contributed by atoms with Crippen molar-refractivity contribution < 1.29 is 17.6 Å². The first-order chi connectivity index (χ1) is 18.7. The van der Waals surface area contributed by atoms with E-state index in [0.29, 0.717) is 0 Å². The largest absolute Gasteiger partial charge is 0.399 e. The Morgan fingerprint density at radius 3 is 1.10 bits per heavy atom. The van der Waals surface area contributed by atoms with Crippen LogP contribution in [0.4, 0.5) is 28.9 Å². The number of nitrogen functional groups attached to an aromatic ring is 2. The fourth-order valence-electron chi connectivity index (χ4n) is 5.07. The van der Waals surface area contributed by atoms with Crippen LogP contribution >= 0.6 is 45.2 Å². The van der Waals surface area contributed by atoms with Gasteiger partial charge in [0.15, 0.2) is 23.3 Å². The van der Waals surface area contributed by atoms with E-state index in [1.165, 1.54) is 78.6 Å². The highest BCUT2D eigenvalue weighted by molar-refractivity contribution is 14.1. The molecule has 0 spiro atoms. The molecule has 0 saturated heterocycles. The fraction of sp³-hybridized carbons (Fsp3) is 0.0323. The quantitative estimate of drug-likeness (QED) is 0.0613. The molecule has 0 aliphatic heterocycles. The Bertz CT molecular complexity index is 1490. The zero-order valence-electron chi connectivity index (χ0n) is 20.2. The molecule has 0 unspecified atom stereocenters. The van der Waals surface area contributed by atoms with Crippen LogP contribution in [0.3, 0.4) is 0 Å². The van der Waals surface area contributed by atoms with Crippen molar-refractivity contribution in [3.05, 3.63) is 150 Å². The average Bonchev–Trinajstić information content (AvgIpc) is 3.26. The number of halogens is 6. The molecule has 1 aliphatic carbocycles. The molecule has 5 aromatic carbocycles. The summed E-state index contributed by atoms with van der Waals surface area (Å²) in [6.07, 6.45) is 0. The van der Waals surface area contributed by atoms with Gasteiger partial charge in [-0.1, -0.05) is 72.8 Å². The van der Waals surface area contributed by atoms with E-state index in [0.717, 1.165) is 11.4 Å². The molecule has 0 atom stereocenters. The highest BCUT2D eigenvalue weighted by Gasteiger charge is 2.45. The molecule has 8 heteroatoms. The third-order valence-corrected chi connectivity index (χ3v) is 8.69. The van der Waals surface area contributed by atoms with Gasteiger partial charge in [0.1, 0.15) is 0 Å². The van der Waals surface area contributed by atoms with E-state index in [-0.39, 0.29) is 5.41 Å². The molecular formula is C31H20F4I2N2. The van der Waals surface area contributed by atoms with E-state index >= 15 is 0 Å². The summed E-state index contributed by atoms with van der Waals surface area (Å²) in [6.45, 7) is 0. The van der Waals surface area contributed by atoms with Crippen LogP contribution in [-0.2, 0) is 5.41 Å². The summed E-state index contributed by atoms with van der Waals surface area (Å²) < 4.78 is 49.2. The second-order valence-corrected chi connectivity index (χ2v) is 11.1. The van der Waals surface area contributed by atoms with Crippen LogP contribution in [-0.4, -0.2) is 0 Å². The lowest BCUT2D eigenvalue weighted by atomic mass is 9.67. The second kappa shape index (κ2) is 10.8. The SMILES string of the molecule is Fc1c(F)c(I)c(F)c(F)c1I.Nc1ccc(C2(c3ccc(N)cc3)c3ccccc3-c3ccccc32)cc1. The van der Waals surface area contributed by atoms with Crippen molar-refractivity contribution in [1.82, 2.24) is 0 Å². The number of nitrogens with two attached hydrogens (primary N) is 2. The molecule has 0 amide bonds. The molecular weight excluding hydrogens is 730 g/mol. The predicted octanol–water partition coefficient (Wildman–Crippen LogP) is 8.67. The maximum Gasteiger partial charge on any atom is 0.176 e. The van der Waals surface area contributed by atoms with Crippen LogP contribution < -0.4 is 11.5 Å². The van der Waals surface area contributed by atoms with E-state index in [2.05, 4.69) is 72.8 Å². The molecule has 0 bridgehead atoms. The Labute approximate surface area is 250 Å². The average molecular weight is 750 g/mol. The Kier molecular flexibility index (Phi) is 7.60. The maximum atomic E-state index is 12.6. The third kappa shape index (κ3) is 4.57. The normalized spacial score (nSPS) is 12.8. The predicted molar refractivity (Wildman–Crippen MR) is 164 cm³/mol. The summed E-state index contributed by atoms with van der Waals surface area (Å²) in [5.41, 5.74) is 20.7. The summed E-state index contributed by atoms with van der Waals surface area (Å²) in [5.74, 6) is -5.39. The summed E-state index contributed by atoms with van der Waals surface area (Å²) in [7, 11) is 0. The van der Waals surface area contributed by atoms with Crippen molar-refractivity contribution >= 4 is 56.6 Å². The molecule has 4 N–H and O–H groups in total. The standard InChI is InChI=1S/C25H20N2.C6F4I2/c26-19-13-9-17(10-14-19)25(18-11-15-20(27)16-12-18)23-7-3-1-5-21(23)22-6-2-4-8-24(22)25;7-1-2(8)6(12)4(10)3(9)5(1)11/h1-16H,26-27H2;. The van der Waals surface area contributed by atoms with Gasteiger partial charge in [-0.15, -0.1) is 0 Å². The Morgan fingerprint density at radius 2 is 0.769 bits per heavy atom. The lowest BCUT2D eigenvalue weighted by Gasteiger charge is -2.34. The van der Waals surface area contributed by atoms with E-state index in [1.54, 1.807) is 0 Å². The van der Waals surface area contributed by atoms with Crippen molar-refractivity contribution in [3.8, 4) is 11.1 Å².